The monoisotopic (exact) mass is 309 g/mol. The third kappa shape index (κ3) is 3.05. The Morgan fingerprint density at radius 3 is 3.00 bits per heavy atom. The summed E-state index contributed by atoms with van der Waals surface area (Å²) in [6.07, 6.45) is 10.9. The Morgan fingerprint density at radius 2 is 2.25 bits per heavy atom. The van der Waals surface area contributed by atoms with Gasteiger partial charge in [-0.25, -0.2) is 4.98 Å². The first kappa shape index (κ1) is 14.4. The number of nitrogens with zero attached hydrogens (tertiary/aromatic N) is 2. The molecule has 1 atom stereocenters. The maximum absolute atomic E-state index is 6.18. The summed E-state index contributed by atoms with van der Waals surface area (Å²) in [5.74, 6) is 0. The highest BCUT2D eigenvalue weighted by molar-refractivity contribution is 7.99. The SMILES string of the molecule is CCC(N)Cc1c(SC2CCCCC2)nc2sccn12. The van der Waals surface area contributed by atoms with E-state index in [0.29, 0.717) is 0 Å². The van der Waals surface area contributed by atoms with E-state index < -0.39 is 0 Å². The highest BCUT2D eigenvalue weighted by Gasteiger charge is 2.21. The van der Waals surface area contributed by atoms with E-state index in [1.54, 1.807) is 11.3 Å². The molecule has 1 unspecified atom stereocenters. The zero-order chi connectivity index (χ0) is 13.9. The van der Waals surface area contributed by atoms with Crippen LogP contribution in [-0.4, -0.2) is 20.7 Å². The third-order valence-electron chi connectivity index (χ3n) is 4.13. The second-order valence-corrected chi connectivity index (χ2v) is 7.83. The number of fused-ring (bicyclic) bond motifs is 1. The number of nitrogens with two attached hydrogens (primary N) is 1. The maximum atomic E-state index is 6.18. The molecule has 0 bridgehead atoms. The minimum Gasteiger partial charge on any atom is -0.327 e. The average Bonchev–Trinajstić information content (AvgIpc) is 3.03. The summed E-state index contributed by atoms with van der Waals surface area (Å²) in [6, 6.07) is 0.237. The van der Waals surface area contributed by atoms with Crippen LogP contribution in [0, 0.1) is 0 Å². The molecule has 2 N–H and O–H groups in total. The van der Waals surface area contributed by atoms with Crippen LogP contribution in [0.25, 0.3) is 4.96 Å². The van der Waals surface area contributed by atoms with Crippen molar-refractivity contribution in [3.8, 4) is 0 Å². The average molecular weight is 310 g/mol. The van der Waals surface area contributed by atoms with Crippen LogP contribution in [0.15, 0.2) is 16.6 Å². The molecule has 110 valence electrons. The Kier molecular flexibility index (Phi) is 4.68. The smallest absolute Gasteiger partial charge is 0.194 e. The summed E-state index contributed by atoms with van der Waals surface area (Å²) in [7, 11) is 0. The zero-order valence-electron chi connectivity index (χ0n) is 12.0. The number of thioether (sulfide) groups is 1. The summed E-state index contributed by atoms with van der Waals surface area (Å²) in [4.78, 5) is 5.96. The van der Waals surface area contributed by atoms with E-state index in [0.717, 1.165) is 23.1 Å². The molecule has 1 fully saturated rings. The van der Waals surface area contributed by atoms with Gasteiger partial charge in [-0.15, -0.1) is 23.1 Å². The van der Waals surface area contributed by atoms with Gasteiger partial charge < -0.3 is 5.73 Å². The van der Waals surface area contributed by atoms with Gasteiger partial charge in [0.1, 0.15) is 5.03 Å². The molecule has 20 heavy (non-hydrogen) atoms. The molecule has 0 aromatic carbocycles. The molecule has 3 nitrogen and oxygen atoms in total. The van der Waals surface area contributed by atoms with Gasteiger partial charge in [-0.1, -0.05) is 26.2 Å². The van der Waals surface area contributed by atoms with Crippen LogP contribution in [0.3, 0.4) is 0 Å². The predicted molar refractivity (Wildman–Crippen MR) is 87.8 cm³/mol. The Bertz CT molecular complexity index is 554. The Hall–Kier alpha value is -0.520. The van der Waals surface area contributed by atoms with Crippen LogP contribution in [0.2, 0.25) is 0 Å². The summed E-state index contributed by atoms with van der Waals surface area (Å²) >= 11 is 3.71. The fourth-order valence-electron chi connectivity index (χ4n) is 2.83. The summed E-state index contributed by atoms with van der Waals surface area (Å²) in [6.45, 7) is 2.16. The number of hydrogen-bond donors (Lipinski definition) is 1. The van der Waals surface area contributed by atoms with Gasteiger partial charge in [0.25, 0.3) is 0 Å². The quantitative estimate of drug-likeness (QED) is 0.904. The van der Waals surface area contributed by atoms with Crippen LogP contribution in [-0.2, 0) is 6.42 Å². The van der Waals surface area contributed by atoms with Crippen molar-refractivity contribution in [1.82, 2.24) is 9.38 Å². The summed E-state index contributed by atoms with van der Waals surface area (Å²) in [5.41, 5.74) is 7.50. The molecule has 5 heteroatoms. The number of thiazole rings is 1. The third-order valence-corrected chi connectivity index (χ3v) is 6.25. The largest absolute Gasteiger partial charge is 0.327 e. The van der Waals surface area contributed by atoms with Crippen molar-refractivity contribution in [3.63, 3.8) is 0 Å². The van der Waals surface area contributed by atoms with Gasteiger partial charge in [-0.2, -0.15) is 0 Å². The zero-order valence-corrected chi connectivity index (χ0v) is 13.7. The molecule has 0 spiro atoms. The molecule has 3 rings (SSSR count). The van der Waals surface area contributed by atoms with Crippen LogP contribution in [0.4, 0.5) is 0 Å². The van der Waals surface area contributed by atoms with E-state index >= 15 is 0 Å². The summed E-state index contributed by atoms with van der Waals surface area (Å²) < 4.78 is 2.24. The van der Waals surface area contributed by atoms with Gasteiger partial charge in [0.05, 0.1) is 5.69 Å². The minimum absolute atomic E-state index is 0.237. The van der Waals surface area contributed by atoms with Gasteiger partial charge in [-0.3, -0.25) is 4.40 Å². The fraction of sp³-hybridized carbons (Fsp3) is 0.667. The molecule has 0 radical (unpaired) electrons. The summed E-state index contributed by atoms with van der Waals surface area (Å²) in [5, 5.41) is 4.09. The molecule has 2 aromatic rings. The first-order valence-corrected chi connectivity index (χ1v) is 9.40. The second-order valence-electron chi connectivity index (χ2n) is 5.67. The molecule has 0 saturated heterocycles. The molecule has 0 aliphatic heterocycles. The van der Waals surface area contributed by atoms with Gasteiger partial charge >= 0.3 is 0 Å². The minimum atomic E-state index is 0.237. The molecule has 1 aliphatic rings. The van der Waals surface area contributed by atoms with E-state index in [-0.39, 0.29) is 6.04 Å². The van der Waals surface area contributed by atoms with Crippen LogP contribution in [0.5, 0.6) is 0 Å². The van der Waals surface area contributed by atoms with Gasteiger partial charge in [0.2, 0.25) is 0 Å². The van der Waals surface area contributed by atoms with Crippen molar-refractivity contribution < 1.29 is 0 Å². The van der Waals surface area contributed by atoms with Crippen LogP contribution >= 0.6 is 23.1 Å². The van der Waals surface area contributed by atoms with Gasteiger partial charge in [0, 0.05) is 29.3 Å². The lowest BCUT2D eigenvalue weighted by Gasteiger charge is -2.20. The molecular weight excluding hydrogens is 286 g/mol. The molecule has 0 amide bonds. The predicted octanol–water partition coefficient (Wildman–Crippen LogP) is 4.10. The number of imidazole rings is 1. The first-order valence-electron chi connectivity index (χ1n) is 7.64. The second kappa shape index (κ2) is 6.50. The van der Waals surface area contributed by atoms with Crippen molar-refractivity contribution in [3.05, 3.63) is 17.3 Å². The van der Waals surface area contributed by atoms with E-state index in [4.69, 9.17) is 10.7 Å². The van der Waals surface area contributed by atoms with Crippen molar-refractivity contribution in [1.29, 1.82) is 0 Å². The number of hydrogen-bond acceptors (Lipinski definition) is 4. The highest BCUT2D eigenvalue weighted by Crippen LogP contribution is 2.36. The van der Waals surface area contributed by atoms with Gasteiger partial charge in [0.15, 0.2) is 4.96 Å². The van der Waals surface area contributed by atoms with Crippen molar-refractivity contribution >= 4 is 28.1 Å². The van der Waals surface area contributed by atoms with Crippen LogP contribution in [0.1, 0.15) is 51.1 Å². The lowest BCUT2D eigenvalue weighted by molar-refractivity contribution is 0.515. The standard InChI is InChI=1S/C15H23N3S2/c1-2-11(16)10-13-14(17-15-18(13)8-9-19-15)20-12-6-4-3-5-7-12/h8-9,11-12H,2-7,10,16H2,1H3. The number of aromatic nitrogens is 2. The Morgan fingerprint density at radius 1 is 1.45 bits per heavy atom. The molecule has 1 aliphatic carbocycles. The molecule has 2 heterocycles. The first-order chi connectivity index (χ1) is 9.78. The molecule has 2 aromatic heterocycles. The fourth-order valence-corrected chi connectivity index (χ4v) is 4.96. The topological polar surface area (TPSA) is 43.3 Å². The lowest BCUT2D eigenvalue weighted by atomic mass is 10.0. The Labute approximate surface area is 129 Å². The molecular formula is C15H23N3S2. The maximum Gasteiger partial charge on any atom is 0.194 e. The van der Waals surface area contributed by atoms with Crippen molar-refractivity contribution in [2.24, 2.45) is 5.73 Å². The van der Waals surface area contributed by atoms with E-state index in [1.807, 2.05) is 11.8 Å². The highest BCUT2D eigenvalue weighted by atomic mass is 32.2. The van der Waals surface area contributed by atoms with Crippen LogP contribution < -0.4 is 5.73 Å². The van der Waals surface area contributed by atoms with E-state index in [2.05, 4.69) is 22.9 Å². The van der Waals surface area contributed by atoms with Crippen molar-refractivity contribution in [2.75, 3.05) is 0 Å². The lowest BCUT2D eigenvalue weighted by Crippen LogP contribution is -2.22. The van der Waals surface area contributed by atoms with E-state index in [9.17, 15) is 0 Å². The normalized spacial score (nSPS) is 18.7. The molecule has 1 saturated carbocycles. The van der Waals surface area contributed by atoms with Gasteiger partial charge in [-0.05, 0) is 19.3 Å². The Balaban J connectivity index is 1.84. The van der Waals surface area contributed by atoms with Crippen molar-refractivity contribution in [2.45, 2.75) is 68.2 Å². The number of rotatable bonds is 5. The van der Waals surface area contributed by atoms with E-state index in [1.165, 1.54) is 42.8 Å².